The first kappa shape index (κ1) is 33.3. The van der Waals surface area contributed by atoms with Gasteiger partial charge >= 0.3 is 0 Å². The highest BCUT2D eigenvalue weighted by molar-refractivity contribution is 5.69. The quantitative estimate of drug-likeness (QED) is 0.157. The first-order chi connectivity index (χ1) is 25.5. The molecular weight excluding hydrogens is 655 g/mol. The Morgan fingerprint density at radius 1 is 0.434 bits per heavy atom. The van der Waals surface area contributed by atoms with Crippen LogP contribution in [0.1, 0.15) is 105 Å². The van der Waals surface area contributed by atoms with Crippen molar-refractivity contribution in [2.45, 2.75) is 109 Å². The molecular formula is C47H55N3O3. The Kier molecular flexibility index (Phi) is 7.59. The Hall–Kier alpha value is -4.32. The predicted octanol–water partition coefficient (Wildman–Crippen LogP) is 11.7. The van der Waals surface area contributed by atoms with Crippen molar-refractivity contribution in [3.8, 4) is 34.5 Å². The van der Waals surface area contributed by atoms with Gasteiger partial charge in [-0.25, -0.2) is 0 Å². The molecule has 0 atom stereocenters. The van der Waals surface area contributed by atoms with Gasteiger partial charge in [-0.15, -0.1) is 0 Å². The van der Waals surface area contributed by atoms with Crippen molar-refractivity contribution in [3.05, 3.63) is 88.5 Å². The van der Waals surface area contributed by atoms with Crippen LogP contribution in [0.3, 0.4) is 0 Å². The Bertz CT molecular complexity index is 2050. The summed E-state index contributed by atoms with van der Waals surface area (Å²) in [5.74, 6) is 8.78. The van der Waals surface area contributed by atoms with E-state index in [-0.39, 0.29) is 10.8 Å². The lowest BCUT2D eigenvalue weighted by Gasteiger charge is -2.59. The van der Waals surface area contributed by atoms with Crippen LogP contribution in [0.5, 0.6) is 34.5 Å². The van der Waals surface area contributed by atoms with E-state index in [2.05, 4.69) is 45.0 Å². The number of nitrogen functional groups attached to an aromatic ring is 3. The summed E-state index contributed by atoms with van der Waals surface area (Å²) in [6.07, 6.45) is 15.1. The summed E-state index contributed by atoms with van der Waals surface area (Å²) in [6.45, 7) is 6.29. The lowest BCUT2D eigenvalue weighted by atomic mass is 9.46. The SMILES string of the molecule is Cc1ccc(N)c(Oc2cc(C34CC5CC(CC(C5)C3)C4)c(Oc3cc(C)ccc3N)c(C34CC5CC(CC(C5)C3)C4)c2Oc2cc(C)ccc2N)c1. The summed E-state index contributed by atoms with van der Waals surface area (Å²) in [5.41, 5.74) is 27.7. The maximum atomic E-state index is 7.50. The fourth-order valence-electron chi connectivity index (χ4n) is 13.2. The van der Waals surface area contributed by atoms with E-state index in [0.29, 0.717) is 52.1 Å². The molecule has 276 valence electrons. The van der Waals surface area contributed by atoms with Crippen LogP contribution in [0.4, 0.5) is 17.1 Å². The summed E-state index contributed by atoms with van der Waals surface area (Å²) in [6, 6.07) is 20.5. The van der Waals surface area contributed by atoms with Crippen molar-refractivity contribution in [2.75, 3.05) is 17.2 Å². The van der Waals surface area contributed by atoms with E-state index in [9.17, 15) is 0 Å². The van der Waals surface area contributed by atoms with E-state index in [1.807, 2.05) is 36.4 Å². The van der Waals surface area contributed by atoms with Crippen LogP contribution in [-0.2, 0) is 10.8 Å². The van der Waals surface area contributed by atoms with Crippen molar-refractivity contribution < 1.29 is 14.2 Å². The second-order valence-electron chi connectivity index (χ2n) is 18.8. The zero-order chi connectivity index (χ0) is 36.2. The van der Waals surface area contributed by atoms with Gasteiger partial charge in [0, 0.05) is 16.5 Å². The molecule has 0 aliphatic heterocycles. The highest BCUT2D eigenvalue weighted by Crippen LogP contribution is 2.69. The maximum absolute atomic E-state index is 7.50. The summed E-state index contributed by atoms with van der Waals surface area (Å²) < 4.78 is 21.9. The molecule has 8 saturated carbocycles. The molecule has 8 aliphatic carbocycles. The van der Waals surface area contributed by atoms with Crippen LogP contribution in [-0.4, -0.2) is 0 Å². The van der Waals surface area contributed by atoms with Crippen molar-refractivity contribution in [3.63, 3.8) is 0 Å². The lowest BCUT2D eigenvalue weighted by Crippen LogP contribution is -2.50. The average molecular weight is 710 g/mol. The molecule has 8 aliphatic rings. The third-order valence-electron chi connectivity index (χ3n) is 14.5. The number of nitrogens with two attached hydrogens (primary N) is 3. The minimum absolute atomic E-state index is 0.00311. The monoisotopic (exact) mass is 709 g/mol. The Morgan fingerprint density at radius 2 is 0.792 bits per heavy atom. The maximum Gasteiger partial charge on any atom is 0.177 e. The average Bonchev–Trinajstić information content (AvgIpc) is 3.09. The number of hydrogen-bond acceptors (Lipinski definition) is 6. The number of hydrogen-bond donors (Lipinski definition) is 3. The molecule has 0 heterocycles. The summed E-state index contributed by atoms with van der Waals surface area (Å²) in [4.78, 5) is 0. The molecule has 0 amide bonds. The van der Waals surface area contributed by atoms with Gasteiger partial charge in [0.2, 0.25) is 0 Å². The van der Waals surface area contributed by atoms with Gasteiger partial charge in [0.25, 0.3) is 0 Å². The number of ether oxygens (including phenoxy) is 3. The van der Waals surface area contributed by atoms with Gasteiger partial charge < -0.3 is 31.4 Å². The van der Waals surface area contributed by atoms with Gasteiger partial charge in [-0.3, -0.25) is 0 Å². The zero-order valence-electron chi connectivity index (χ0n) is 31.7. The Labute approximate surface area is 314 Å². The highest BCUT2D eigenvalue weighted by atomic mass is 16.5. The fraction of sp³-hybridized carbons (Fsp3) is 0.489. The van der Waals surface area contributed by atoms with E-state index in [0.717, 1.165) is 71.0 Å². The lowest BCUT2D eigenvalue weighted by molar-refractivity contribution is -0.0107. The third kappa shape index (κ3) is 5.65. The van der Waals surface area contributed by atoms with Gasteiger partial charge in [-0.2, -0.15) is 0 Å². The van der Waals surface area contributed by atoms with Crippen LogP contribution in [0.15, 0.2) is 60.7 Å². The van der Waals surface area contributed by atoms with E-state index < -0.39 is 0 Å². The van der Waals surface area contributed by atoms with E-state index in [1.165, 1.54) is 68.9 Å². The van der Waals surface area contributed by atoms with Gasteiger partial charge in [0.1, 0.15) is 5.75 Å². The number of rotatable bonds is 8. The largest absolute Gasteiger partial charge is 0.454 e. The molecule has 6 heteroatoms. The molecule has 6 N–H and O–H groups in total. The molecule has 8 bridgehead atoms. The summed E-state index contributed by atoms with van der Waals surface area (Å²) in [5, 5.41) is 0. The van der Waals surface area contributed by atoms with Crippen molar-refractivity contribution in [2.24, 2.45) is 35.5 Å². The molecule has 0 aromatic heterocycles. The van der Waals surface area contributed by atoms with Crippen molar-refractivity contribution >= 4 is 17.1 Å². The topological polar surface area (TPSA) is 106 Å². The number of aryl methyl sites for hydroxylation is 3. The molecule has 6 nitrogen and oxygen atoms in total. The molecule has 0 unspecified atom stereocenters. The van der Waals surface area contributed by atoms with Gasteiger partial charge in [-0.05, 0) is 198 Å². The minimum atomic E-state index is -0.120. The Morgan fingerprint density at radius 3 is 1.21 bits per heavy atom. The van der Waals surface area contributed by atoms with Gasteiger partial charge in [0.05, 0.1) is 17.1 Å². The van der Waals surface area contributed by atoms with Gasteiger partial charge in [-0.1, -0.05) is 18.2 Å². The van der Waals surface area contributed by atoms with E-state index in [1.54, 1.807) is 0 Å². The van der Waals surface area contributed by atoms with Crippen LogP contribution in [0, 0.1) is 56.3 Å². The molecule has 0 spiro atoms. The molecule has 4 aromatic carbocycles. The van der Waals surface area contributed by atoms with Crippen LogP contribution < -0.4 is 31.4 Å². The van der Waals surface area contributed by atoms with Crippen molar-refractivity contribution in [1.82, 2.24) is 0 Å². The first-order valence-electron chi connectivity index (χ1n) is 20.4. The first-order valence-corrected chi connectivity index (χ1v) is 20.4. The number of anilines is 3. The molecule has 53 heavy (non-hydrogen) atoms. The predicted molar refractivity (Wildman–Crippen MR) is 213 cm³/mol. The third-order valence-corrected chi connectivity index (χ3v) is 14.5. The smallest absolute Gasteiger partial charge is 0.177 e. The normalized spacial score (nSPS) is 31.9. The second kappa shape index (κ2) is 12.1. The highest BCUT2D eigenvalue weighted by Gasteiger charge is 2.57. The molecule has 0 saturated heterocycles. The minimum Gasteiger partial charge on any atom is -0.454 e. The molecule has 8 fully saturated rings. The zero-order valence-corrected chi connectivity index (χ0v) is 31.7. The molecule has 0 radical (unpaired) electrons. The molecule has 4 aromatic rings. The molecule has 12 rings (SSSR count). The summed E-state index contributed by atoms with van der Waals surface area (Å²) in [7, 11) is 0. The standard InChI is InChI=1S/C47H55N3O3/c1-26-4-7-36(48)39(10-26)51-42-19-35(46-20-29-13-30(21-46)15-31(14-29)22-46)44(52-40-11-27(2)5-8-37(40)49)43(45(42)53-41-12-28(3)6-9-38(41)50)47-23-32-16-33(24-47)18-34(17-32)25-47/h4-12,19,29-34H,13-18,20-25,48-50H2,1-3H3. The number of benzene rings is 4. The van der Waals surface area contributed by atoms with E-state index >= 15 is 0 Å². The van der Waals surface area contributed by atoms with Crippen LogP contribution in [0.25, 0.3) is 0 Å². The Balaban J connectivity index is 1.29. The van der Waals surface area contributed by atoms with Crippen molar-refractivity contribution in [1.29, 1.82) is 0 Å². The van der Waals surface area contributed by atoms with Crippen LogP contribution in [0.2, 0.25) is 0 Å². The van der Waals surface area contributed by atoms with Crippen LogP contribution >= 0.6 is 0 Å². The fourth-order valence-corrected chi connectivity index (χ4v) is 13.2. The van der Waals surface area contributed by atoms with E-state index in [4.69, 9.17) is 31.4 Å². The summed E-state index contributed by atoms with van der Waals surface area (Å²) >= 11 is 0. The van der Waals surface area contributed by atoms with Gasteiger partial charge in [0.15, 0.2) is 28.7 Å². The second-order valence-corrected chi connectivity index (χ2v) is 18.8.